The third-order valence-corrected chi connectivity index (χ3v) is 5.16. The van der Waals surface area contributed by atoms with Gasteiger partial charge in [0.2, 0.25) is 0 Å². The van der Waals surface area contributed by atoms with E-state index >= 15 is 0 Å². The van der Waals surface area contributed by atoms with Gasteiger partial charge in [-0.25, -0.2) is 4.99 Å². The summed E-state index contributed by atoms with van der Waals surface area (Å²) in [7, 11) is 0. The number of rotatable bonds is 3. The lowest BCUT2D eigenvalue weighted by atomic mass is 9.72. The molecule has 0 amide bonds. The second kappa shape index (κ2) is 5.97. The molecule has 3 nitrogen and oxygen atoms in total. The summed E-state index contributed by atoms with van der Waals surface area (Å²) in [4.78, 5) is 5.65. The van der Waals surface area contributed by atoms with Crippen LogP contribution in [0.25, 0.3) is 0 Å². The highest BCUT2D eigenvalue weighted by Crippen LogP contribution is 2.44. The van der Waals surface area contributed by atoms with E-state index in [1.54, 1.807) is 11.3 Å². The van der Waals surface area contributed by atoms with Gasteiger partial charge in [-0.2, -0.15) is 5.26 Å². The summed E-state index contributed by atoms with van der Waals surface area (Å²) >= 11 is 1.66. The van der Waals surface area contributed by atoms with E-state index in [1.807, 2.05) is 6.92 Å². The third-order valence-electron chi connectivity index (χ3n) is 3.99. The molecule has 20 heavy (non-hydrogen) atoms. The molecule has 108 valence electrons. The van der Waals surface area contributed by atoms with Crippen molar-refractivity contribution in [3.63, 3.8) is 0 Å². The maximum Gasteiger partial charge on any atom is 0.175 e. The molecular weight excluding hydrogens is 268 g/mol. The quantitative estimate of drug-likeness (QED) is 0.609. The zero-order chi connectivity index (χ0) is 14.8. The Labute approximate surface area is 125 Å². The topological polar surface area (TPSA) is 45.4 Å². The average Bonchev–Trinajstić information content (AvgIpc) is 2.74. The molecule has 0 bridgehead atoms. The van der Waals surface area contributed by atoms with Gasteiger partial charge in [0.1, 0.15) is 11.1 Å². The van der Waals surface area contributed by atoms with Crippen molar-refractivity contribution in [1.29, 1.82) is 5.26 Å². The van der Waals surface area contributed by atoms with Crippen LogP contribution in [0.4, 0.5) is 5.00 Å². The number of nitriles is 1. The molecule has 0 fully saturated rings. The summed E-state index contributed by atoms with van der Waals surface area (Å²) in [6.45, 7) is 9.42. The molecule has 0 saturated heterocycles. The van der Waals surface area contributed by atoms with Gasteiger partial charge in [-0.15, -0.1) is 11.3 Å². The minimum atomic E-state index is 0.323. The first-order valence-electron chi connectivity index (χ1n) is 7.16. The van der Waals surface area contributed by atoms with Crippen molar-refractivity contribution in [2.45, 2.75) is 47.0 Å². The maximum atomic E-state index is 9.39. The van der Waals surface area contributed by atoms with E-state index in [0.717, 1.165) is 29.8 Å². The molecule has 1 aromatic rings. The van der Waals surface area contributed by atoms with Gasteiger partial charge in [-0.05, 0) is 43.1 Å². The molecule has 0 saturated carbocycles. The number of hydrogen-bond acceptors (Lipinski definition) is 4. The van der Waals surface area contributed by atoms with Crippen LogP contribution >= 0.6 is 11.3 Å². The summed E-state index contributed by atoms with van der Waals surface area (Å²) < 4.78 is 5.15. The lowest BCUT2D eigenvalue weighted by Crippen LogP contribution is -2.26. The summed E-state index contributed by atoms with van der Waals surface area (Å²) in [6, 6.07) is 2.33. The van der Waals surface area contributed by atoms with Gasteiger partial charge in [-0.1, -0.05) is 20.8 Å². The molecule has 1 unspecified atom stereocenters. The molecule has 0 radical (unpaired) electrons. The van der Waals surface area contributed by atoms with Crippen molar-refractivity contribution in [1.82, 2.24) is 0 Å². The van der Waals surface area contributed by atoms with Gasteiger partial charge in [-0.3, -0.25) is 0 Å². The van der Waals surface area contributed by atoms with E-state index < -0.39 is 0 Å². The van der Waals surface area contributed by atoms with Crippen LogP contribution in [0.3, 0.4) is 0 Å². The Morgan fingerprint density at radius 3 is 2.85 bits per heavy atom. The summed E-state index contributed by atoms with van der Waals surface area (Å²) in [5.41, 5.74) is 2.30. The predicted molar refractivity (Wildman–Crippen MR) is 83.8 cm³/mol. The Morgan fingerprint density at radius 1 is 1.50 bits per heavy atom. The zero-order valence-electron chi connectivity index (χ0n) is 12.7. The highest BCUT2D eigenvalue weighted by atomic mass is 32.1. The van der Waals surface area contributed by atoms with Gasteiger partial charge in [0.15, 0.2) is 6.40 Å². The largest absolute Gasteiger partial charge is 0.483 e. The minimum absolute atomic E-state index is 0.323. The fourth-order valence-corrected chi connectivity index (χ4v) is 3.89. The Morgan fingerprint density at radius 2 is 2.25 bits per heavy atom. The van der Waals surface area contributed by atoms with Crippen molar-refractivity contribution in [3.05, 3.63) is 16.0 Å². The fourth-order valence-electron chi connectivity index (χ4n) is 2.68. The number of thiophene rings is 1. The Balaban J connectivity index is 2.29. The normalized spacial score (nSPS) is 18.9. The van der Waals surface area contributed by atoms with Crippen molar-refractivity contribution in [2.75, 3.05) is 6.61 Å². The van der Waals surface area contributed by atoms with Gasteiger partial charge < -0.3 is 4.74 Å². The zero-order valence-corrected chi connectivity index (χ0v) is 13.5. The van der Waals surface area contributed by atoms with Crippen LogP contribution in [0.5, 0.6) is 0 Å². The lowest BCUT2D eigenvalue weighted by Gasteiger charge is -2.33. The lowest BCUT2D eigenvalue weighted by molar-refractivity contribution is 0.218. The second-order valence-electron chi connectivity index (χ2n) is 6.29. The minimum Gasteiger partial charge on any atom is -0.483 e. The maximum absolute atomic E-state index is 9.39. The van der Waals surface area contributed by atoms with Crippen LogP contribution in [-0.2, 0) is 17.6 Å². The van der Waals surface area contributed by atoms with Crippen molar-refractivity contribution < 1.29 is 4.74 Å². The molecule has 1 aliphatic rings. The standard InChI is InChI=1S/C16H22N2OS/c1-5-19-10-18-15-13(9-17)12-7-6-11(16(2,3)4)8-14(12)20-15/h10-11H,5-8H2,1-4H3. The summed E-state index contributed by atoms with van der Waals surface area (Å²) in [5.74, 6) is 0.684. The molecular formula is C16H22N2OS. The van der Waals surface area contributed by atoms with Crippen LogP contribution in [-0.4, -0.2) is 13.0 Å². The van der Waals surface area contributed by atoms with E-state index in [9.17, 15) is 5.26 Å². The predicted octanol–water partition coefficient (Wildman–Crippen LogP) is 4.47. The number of nitrogens with zero attached hydrogens (tertiary/aromatic N) is 2. The Hall–Kier alpha value is -1.34. The molecule has 1 heterocycles. The highest BCUT2D eigenvalue weighted by Gasteiger charge is 2.32. The molecule has 0 spiro atoms. The number of hydrogen-bond donors (Lipinski definition) is 0. The average molecular weight is 290 g/mol. The fraction of sp³-hybridized carbons (Fsp3) is 0.625. The van der Waals surface area contributed by atoms with Gasteiger partial charge >= 0.3 is 0 Å². The van der Waals surface area contributed by atoms with E-state index in [-0.39, 0.29) is 0 Å². The number of aliphatic imine (C=N–C) groups is 1. The van der Waals surface area contributed by atoms with E-state index in [4.69, 9.17) is 4.74 Å². The summed E-state index contributed by atoms with van der Waals surface area (Å²) in [5, 5.41) is 10.2. The van der Waals surface area contributed by atoms with Gasteiger partial charge in [0, 0.05) is 4.88 Å². The molecule has 1 aliphatic carbocycles. The van der Waals surface area contributed by atoms with Gasteiger partial charge in [0.05, 0.1) is 12.2 Å². The molecule has 0 aliphatic heterocycles. The molecule has 1 atom stereocenters. The van der Waals surface area contributed by atoms with E-state index in [1.165, 1.54) is 16.8 Å². The van der Waals surface area contributed by atoms with Crippen molar-refractivity contribution in [2.24, 2.45) is 16.3 Å². The van der Waals surface area contributed by atoms with Gasteiger partial charge in [0.25, 0.3) is 0 Å². The first-order chi connectivity index (χ1) is 9.47. The molecule has 2 rings (SSSR count). The highest BCUT2D eigenvalue weighted by molar-refractivity contribution is 7.16. The summed E-state index contributed by atoms with van der Waals surface area (Å²) in [6.07, 6.45) is 4.69. The Bertz CT molecular complexity index is 546. The second-order valence-corrected chi connectivity index (χ2v) is 7.37. The molecule has 0 aromatic carbocycles. The molecule has 0 N–H and O–H groups in total. The Kier molecular flexibility index (Phi) is 4.49. The van der Waals surface area contributed by atoms with Crippen LogP contribution in [0, 0.1) is 22.7 Å². The van der Waals surface area contributed by atoms with Crippen molar-refractivity contribution in [3.8, 4) is 6.07 Å². The first kappa shape index (κ1) is 15.1. The number of fused-ring (bicyclic) bond motifs is 1. The smallest absolute Gasteiger partial charge is 0.175 e. The molecule has 1 aromatic heterocycles. The van der Waals surface area contributed by atoms with Crippen LogP contribution in [0.15, 0.2) is 4.99 Å². The SMILES string of the molecule is CCOC=Nc1sc2c(c1C#N)CCC(C(C)(C)C)C2. The van der Waals surface area contributed by atoms with Crippen LogP contribution in [0.2, 0.25) is 0 Å². The van der Waals surface area contributed by atoms with E-state index in [0.29, 0.717) is 17.9 Å². The number of ether oxygens (including phenoxy) is 1. The molecule has 4 heteroatoms. The monoisotopic (exact) mass is 290 g/mol. The van der Waals surface area contributed by atoms with Crippen molar-refractivity contribution >= 4 is 22.7 Å². The van der Waals surface area contributed by atoms with E-state index in [2.05, 4.69) is 31.8 Å². The van der Waals surface area contributed by atoms with Crippen LogP contribution in [0.1, 0.15) is 50.1 Å². The first-order valence-corrected chi connectivity index (χ1v) is 7.97. The van der Waals surface area contributed by atoms with Crippen LogP contribution < -0.4 is 0 Å². The third kappa shape index (κ3) is 3.04.